The van der Waals surface area contributed by atoms with Gasteiger partial charge in [-0.25, -0.2) is 0 Å². The van der Waals surface area contributed by atoms with Gasteiger partial charge >= 0.3 is 6.18 Å². The van der Waals surface area contributed by atoms with Crippen LogP contribution < -0.4 is 10.1 Å². The number of nitrogens with zero attached hydrogens (tertiary/aromatic N) is 1. The number of methoxy groups -OCH3 is 1. The third-order valence-corrected chi connectivity index (χ3v) is 7.18. The molecule has 2 aliphatic rings. The van der Waals surface area contributed by atoms with Crippen LogP contribution in [0.2, 0.25) is 0 Å². The molecule has 2 saturated heterocycles. The summed E-state index contributed by atoms with van der Waals surface area (Å²) < 4.78 is 45.5. The maximum Gasteiger partial charge on any atom is 0.416 e. The molecule has 1 amide bonds. The molecule has 1 N–H and O–H groups in total. The number of amides is 1. The second kappa shape index (κ2) is 9.14. The highest BCUT2D eigenvalue weighted by molar-refractivity contribution is 5.79. The van der Waals surface area contributed by atoms with Crippen LogP contribution in [0.5, 0.6) is 5.75 Å². The second-order valence-electron chi connectivity index (χ2n) is 8.82. The van der Waals surface area contributed by atoms with E-state index < -0.39 is 11.7 Å². The SMILES string of the molecule is COc1ccccc1C1CNCCC12CCN(C(=O)Cc1ccccc1C(F)(F)F)CC2. The van der Waals surface area contributed by atoms with E-state index in [0.717, 1.165) is 44.2 Å². The van der Waals surface area contributed by atoms with E-state index in [1.807, 2.05) is 18.2 Å². The number of para-hydroxylation sites is 1. The van der Waals surface area contributed by atoms with E-state index in [1.165, 1.54) is 17.7 Å². The van der Waals surface area contributed by atoms with E-state index in [-0.39, 0.29) is 29.2 Å². The van der Waals surface area contributed by atoms with Gasteiger partial charge in [0.1, 0.15) is 5.75 Å². The fourth-order valence-electron chi connectivity index (χ4n) is 5.39. The minimum atomic E-state index is -4.46. The Morgan fingerprint density at radius 3 is 2.50 bits per heavy atom. The topological polar surface area (TPSA) is 41.6 Å². The molecule has 4 nitrogen and oxygen atoms in total. The molecule has 2 heterocycles. The van der Waals surface area contributed by atoms with E-state index in [9.17, 15) is 18.0 Å². The van der Waals surface area contributed by atoms with Crippen molar-refractivity contribution in [1.82, 2.24) is 10.2 Å². The number of carbonyl (C=O) groups is 1. The summed E-state index contributed by atoms with van der Waals surface area (Å²) in [5, 5.41) is 3.50. The summed E-state index contributed by atoms with van der Waals surface area (Å²) in [6.45, 7) is 2.92. The number of hydrogen-bond donors (Lipinski definition) is 1. The third-order valence-electron chi connectivity index (χ3n) is 7.18. The molecule has 0 saturated carbocycles. The lowest BCUT2D eigenvalue weighted by Gasteiger charge is -2.50. The van der Waals surface area contributed by atoms with Crippen molar-refractivity contribution in [3.05, 3.63) is 65.2 Å². The lowest BCUT2D eigenvalue weighted by molar-refractivity contribution is -0.139. The molecule has 0 bridgehead atoms. The fourth-order valence-corrected chi connectivity index (χ4v) is 5.39. The first-order valence-corrected chi connectivity index (χ1v) is 11.1. The van der Waals surface area contributed by atoms with E-state index in [0.29, 0.717) is 13.1 Å². The number of ether oxygens (including phenoxy) is 1. The predicted octanol–water partition coefficient (Wildman–Crippen LogP) is 4.64. The van der Waals surface area contributed by atoms with Gasteiger partial charge in [0, 0.05) is 25.6 Å². The molecule has 2 aromatic carbocycles. The predicted molar refractivity (Wildman–Crippen MR) is 117 cm³/mol. The molecule has 32 heavy (non-hydrogen) atoms. The van der Waals surface area contributed by atoms with Crippen molar-refractivity contribution >= 4 is 5.91 Å². The Bertz CT molecular complexity index is 952. The van der Waals surface area contributed by atoms with Crippen molar-refractivity contribution < 1.29 is 22.7 Å². The molecule has 7 heteroatoms. The van der Waals surface area contributed by atoms with Gasteiger partial charge in [0.15, 0.2) is 0 Å². The molecule has 4 rings (SSSR count). The van der Waals surface area contributed by atoms with Gasteiger partial charge in [-0.15, -0.1) is 0 Å². The molecule has 0 aliphatic carbocycles. The number of likely N-dealkylation sites (tertiary alicyclic amines) is 1. The monoisotopic (exact) mass is 446 g/mol. The van der Waals surface area contributed by atoms with Crippen molar-refractivity contribution in [1.29, 1.82) is 0 Å². The molecule has 0 radical (unpaired) electrons. The Hall–Kier alpha value is -2.54. The average molecular weight is 447 g/mol. The van der Waals surface area contributed by atoms with Crippen LogP contribution in [-0.4, -0.2) is 44.1 Å². The van der Waals surface area contributed by atoms with Gasteiger partial charge in [-0.2, -0.15) is 13.2 Å². The molecule has 2 fully saturated rings. The number of piperidine rings is 2. The van der Waals surface area contributed by atoms with E-state index >= 15 is 0 Å². The normalized spacial score (nSPS) is 20.9. The highest BCUT2D eigenvalue weighted by atomic mass is 19.4. The molecular weight excluding hydrogens is 417 g/mol. The fraction of sp³-hybridized carbons (Fsp3) is 0.480. The molecule has 2 aromatic rings. The average Bonchev–Trinajstić information content (AvgIpc) is 2.79. The molecule has 0 aromatic heterocycles. The van der Waals surface area contributed by atoms with Gasteiger partial charge in [-0.3, -0.25) is 4.79 Å². The zero-order chi connectivity index (χ0) is 22.8. The van der Waals surface area contributed by atoms with Crippen molar-refractivity contribution in [2.75, 3.05) is 33.3 Å². The molecule has 1 spiro atoms. The van der Waals surface area contributed by atoms with Gasteiger partial charge in [0.2, 0.25) is 5.91 Å². The Labute approximate surface area is 186 Å². The minimum Gasteiger partial charge on any atom is -0.496 e. The first kappa shape index (κ1) is 22.6. The van der Waals surface area contributed by atoms with Crippen molar-refractivity contribution in [2.45, 2.75) is 37.8 Å². The largest absolute Gasteiger partial charge is 0.496 e. The lowest BCUT2D eigenvalue weighted by Crippen LogP contribution is -2.51. The van der Waals surface area contributed by atoms with Crippen LogP contribution in [0.4, 0.5) is 13.2 Å². The third kappa shape index (κ3) is 4.49. The summed E-state index contributed by atoms with van der Waals surface area (Å²) in [6, 6.07) is 13.4. The summed E-state index contributed by atoms with van der Waals surface area (Å²) in [5.41, 5.74) is 0.553. The molecular formula is C25H29F3N2O2. The molecule has 1 unspecified atom stereocenters. The van der Waals surface area contributed by atoms with Crippen LogP contribution in [0.1, 0.15) is 41.9 Å². The standard InChI is InChI=1S/C25H29F3N2O2/c1-32-22-9-5-3-7-19(22)21-17-29-13-10-24(21)11-14-30(15-12-24)23(31)16-18-6-2-4-8-20(18)25(26,27)28/h2-9,21,29H,10-17H2,1H3. The Balaban J connectivity index is 1.48. The number of carbonyl (C=O) groups excluding carboxylic acids is 1. The van der Waals surface area contributed by atoms with Gasteiger partial charge in [-0.1, -0.05) is 36.4 Å². The van der Waals surface area contributed by atoms with E-state index in [2.05, 4.69) is 11.4 Å². The summed E-state index contributed by atoms with van der Waals surface area (Å²) >= 11 is 0. The van der Waals surface area contributed by atoms with Gasteiger partial charge in [0.25, 0.3) is 0 Å². The van der Waals surface area contributed by atoms with Gasteiger partial charge in [-0.05, 0) is 54.5 Å². The number of benzene rings is 2. The van der Waals surface area contributed by atoms with Crippen molar-refractivity contribution in [3.63, 3.8) is 0 Å². The van der Waals surface area contributed by atoms with E-state index in [4.69, 9.17) is 4.74 Å². The van der Waals surface area contributed by atoms with E-state index in [1.54, 1.807) is 18.1 Å². The Morgan fingerprint density at radius 2 is 1.78 bits per heavy atom. The van der Waals surface area contributed by atoms with Crippen LogP contribution in [0.3, 0.4) is 0 Å². The van der Waals surface area contributed by atoms with Crippen LogP contribution >= 0.6 is 0 Å². The number of halogens is 3. The molecule has 2 aliphatic heterocycles. The Morgan fingerprint density at radius 1 is 1.09 bits per heavy atom. The summed E-state index contributed by atoms with van der Waals surface area (Å²) in [7, 11) is 1.68. The number of rotatable bonds is 4. The number of alkyl halides is 3. The number of hydrogen-bond acceptors (Lipinski definition) is 3. The van der Waals surface area contributed by atoms with Crippen molar-refractivity contribution in [2.24, 2.45) is 5.41 Å². The quantitative estimate of drug-likeness (QED) is 0.744. The first-order valence-electron chi connectivity index (χ1n) is 11.1. The second-order valence-corrected chi connectivity index (χ2v) is 8.82. The highest BCUT2D eigenvalue weighted by Crippen LogP contribution is 2.50. The number of nitrogens with one attached hydrogen (secondary N) is 1. The summed E-state index contributed by atoms with van der Waals surface area (Å²) in [6.07, 6.45) is -2.00. The molecule has 172 valence electrons. The van der Waals surface area contributed by atoms with Crippen molar-refractivity contribution in [3.8, 4) is 5.75 Å². The highest BCUT2D eigenvalue weighted by Gasteiger charge is 2.45. The van der Waals surface area contributed by atoms with Crippen LogP contribution in [0, 0.1) is 5.41 Å². The van der Waals surface area contributed by atoms with Gasteiger partial charge < -0.3 is 15.0 Å². The summed E-state index contributed by atoms with van der Waals surface area (Å²) in [5.74, 6) is 0.915. The summed E-state index contributed by atoms with van der Waals surface area (Å²) in [4.78, 5) is 14.6. The van der Waals surface area contributed by atoms with Crippen LogP contribution in [-0.2, 0) is 17.4 Å². The maximum atomic E-state index is 13.3. The first-order chi connectivity index (χ1) is 15.3. The maximum absolute atomic E-state index is 13.3. The zero-order valence-corrected chi connectivity index (χ0v) is 18.3. The smallest absolute Gasteiger partial charge is 0.416 e. The molecule has 1 atom stereocenters. The lowest BCUT2D eigenvalue weighted by atomic mass is 9.62. The van der Waals surface area contributed by atoms with Crippen LogP contribution in [0.25, 0.3) is 0 Å². The van der Waals surface area contributed by atoms with Gasteiger partial charge in [0.05, 0.1) is 19.1 Å². The zero-order valence-electron chi connectivity index (χ0n) is 18.3. The van der Waals surface area contributed by atoms with Crippen LogP contribution in [0.15, 0.2) is 48.5 Å². The minimum absolute atomic E-state index is 0.0408. The Kier molecular flexibility index (Phi) is 6.47.